The minimum Gasteiger partial charge on any atom is -0.465 e. The van der Waals surface area contributed by atoms with Crippen LogP contribution in [-0.4, -0.2) is 30.9 Å². The second-order valence-electron chi connectivity index (χ2n) is 3.32. The third kappa shape index (κ3) is 3.24. The van der Waals surface area contributed by atoms with Crippen LogP contribution in [0.15, 0.2) is 29.4 Å². The molecule has 6 heteroatoms. The Balaban J connectivity index is 3.01. The van der Waals surface area contributed by atoms with Crippen LogP contribution in [0, 0.1) is 0 Å². The zero-order valence-corrected chi connectivity index (χ0v) is 9.97. The Morgan fingerprint density at radius 3 is 2.56 bits per heavy atom. The number of benzene rings is 1. The highest BCUT2D eigenvalue weighted by Crippen LogP contribution is 2.15. The third-order valence-electron chi connectivity index (χ3n) is 2.10. The number of Topliss-reactive ketones (excluding diaryl/α,β-unsaturated/α-hetero) is 1. The molecule has 0 aromatic heterocycles. The van der Waals surface area contributed by atoms with Crippen molar-refractivity contribution in [3.8, 4) is 0 Å². The summed E-state index contributed by atoms with van der Waals surface area (Å²) in [5.41, 5.74) is 2.85. The molecule has 0 amide bonds. The number of carbonyl (C=O) groups is 3. The molecule has 18 heavy (non-hydrogen) atoms. The molecular weight excluding hydrogens is 236 g/mol. The van der Waals surface area contributed by atoms with E-state index in [1.807, 2.05) is 0 Å². The van der Waals surface area contributed by atoms with Gasteiger partial charge >= 0.3 is 5.97 Å². The lowest BCUT2D eigenvalue weighted by Crippen LogP contribution is -2.14. The summed E-state index contributed by atoms with van der Waals surface area (Å²) in [4.78, 5) is 33.0. The Labute approximate surface area is 104 Å². The molecule has 1 rings (SSSR count). The number of anilines is 1. The summed E-state index contributed by atoms with van der Waals surface area (Å²) in [5.74, 6) is -1.00. The summed E-state index contributed by atoms with van der Waals surface area (Å²) in [6.45, 7) is 1.22. The molecule has 1 aromatic rings. The van der Waals surface area contributed by atoms with Crippen LogP contribution in [0.1, 0.15) is 17.3 Å². The Bertz CT molecular complexity index is 509. The van der Waals surface area contributed by atoms with Crippen molar-refractivity contribution in [3.05, 3.63) is 29.8 Å². The van der Waals surface area contributed by atoms with Crippen molar-refractivity contribution in [3.63, 3.8) is 0 Å². The molecule has 0 atom stereocenters. The molecule has 0 aliphatic heterocycles. The molecule has 0 unspecified atom stereocenters. The van der Waals surface area contributed by atoms with Gasteiger partial charge in [-0.1, -0.05) is 12.1 Å². The molecule has 0 fully saturated rings. The minimum absolute atomic E-state index is 0.255. The fourth-order valence-electron chi connectivity index (χ4n) is 1.18. The minimum atomic E-state index is -0.538. The van der Waals surface area contributed by atoms with Gasteiger partial charge in [-0.3, -0.25) is 15.0 Å². The number of hydrazone groups is 1. The fourth-order valence-corrected chi connectivity index (χ4v) is 1.18. The van der Waals surface area contributed by atoms with Crippen LogP contribution in [0.4, 0.5) is 5.69 Å². The molecule has 1 aromatic carbocycles. The first-order valence-electron chi connectivity index (χ1n) is 5.07. The Morgan fingerprint density at radius 2 is 2.00 bits per heavy atom. The van der Waals surface area contributed by atoms with Crippen LogP contribution in [0.3, 0.4) is 0 Å². The summed E-state index contributed by atoms with van der Waals surface area (Å²) in [6.07, 6.45) is 0.343. The van der Waals surface area contributed by atoms with Gasteiger partial charge in [0.1, 0.15) is 0 Å². The van der Waals surface area contributed by atoms with E-state index in [-0.39, 0.29) is 11.3 Å². The maximum absolute atomic E-state index is 11.4. The van der Waals surface area contributed by atoms with Crippen LogP contribution >= 0.6 is 0 Å². The van der Waals surface area contributed by atoms with E-state index >= 15 is 0 Å². The van der Waals surface area contributed by atoms with E-state index in [1.165, 1.54) is 20.1 Å². The number of aldehydes is 1. The van der Waals surface area contributed by atoms with Crippen LogP contribution < -0.4 is 5.43 Å². The summed E-state index contributed by atoms with van der Waals surface area (Å²) in [7, 11) is 1.26. The Kier molecular flexibility index (Phi) is 4.74. The van der Waals surface area contributed by atoms with Gasteiger partial charge in [-0.2, -0.15) is 5.10 Å². The van der Waals surface area contributed by atoms with E-state index in [2.05, 4.69) is 15.3 Å². The highest BCUT2D eigenvalue weighted by molar-refractivity contribution is 6.59. The summed E-state index contributed by atoms with van der Waals surface area (Å²) in [6, 6.07) is 6.46. The molecule has 0 saturated heterocycles. The number of para-hydroxylation sites is 1. The van der Waals surface area contributed by atoms with Gasteiger partial charge in [0.25, 0.3) is 0 Å². The standard InChI is InChI=1S/C12H12N2O4/c1-8(16)11(7-15)14-13-10-6-4-3-5-9(10)12(17)18-2/h3-7,13H,1-2H3/b14-11+. The lowest BCUT2D eigenvalue weighted by molar-refractivity contribution is -0.112. The van der Waals surface area contributed by atoms with Gasteiger partial charge in [0.2, 0.25) is 0 Å². The molecule has 6 nitrogen and oxygen atoms in total. The molecular formula is C12H12N2O4. The number of ether oxygens (including phenoxy) is 1. The first-order valence-corrected chi connectivity index (χ1v) is 5.07. The van der Waals surface area contributed by atoms with Gasteiger partial charge in [-0.15, -0.1) is 0 Å². The molecule has 0 radical (unpaired) electrons. The summed E-state index contributed by atoms with van der Waals surface area (Å²) < 4.78 is 4.59. The zero-order chi connectivity index (χ0) is 13.5. The number of nitrogens with zero attached hydrogens (tertiary/aromatic N) is 1. The number of methoxy groups -OCH3 is 1. The molecule has 0 aliphatic carbocycles. The van der Waals surface area contributed by atoms with Crippen molar-refractivity contribution < 1.29 is 19.1 Å². The molecule has 1 N–H and O–H groups in total. The lowest BCUT2D eigenvalue weighted by atomic mass is 10.2. The second kappa shape index (κ2) is 6.29. The normalized spacial score (nSPS) is 10.7. The van der Waals surface area contributed by atoms with Crippen molar-refractivity contribution >= 4 is 29.4 Å². The van der Waals surface area contributed by atoms with E-state index < -0.39 is 11.8 Å². The number of ketones is 1. The van der Waals surface area contributed by atoms with Gasteiger partial charge in [0, 0.05) is 6.92 Å². The molecule has 0 spiro atoms. The van der Waals surface area contributed by atoms with Crippen LogP contribution in [-0.2, 0) is 14.3 Å². The number of esters is 1. The average molecular weight is 248 g/mol. The molecule has 0 bridgehead atoms. The monoisotopic (exact) mass is 248 g/mol. The van der Waals surface area contributed by atoms with E-state index in [0.29, 0.717) is 12.0 Å². The predicted molar refractivity (Wildman–Crippen MR) is 65.6 cm³/mol. The fraction of sp³-hybridized carbons (Fsp3) is 0.167. The first kappa shape index (κ1) is 13.6. The van der Waals surface area contributed by atoms with Crippen molar-refractivity contribution in [2.24, 2.45) is 5.10 Å². The van der Waals surface area contributed by atoms with Gasteiger partial charge in [0.15, 0.2) is 17.8 Å². The lowest BCUT2D eigenvalue weighted by Gasteiger charge is -2.06. The van der Waals surface area contributed by atoms with E-state index in [0.717, 1.165) is 0 Å². The zero-order valence-electron chi connectivity index (χ0n) is 9.97. The van der Waals surface area contributed by atoms with E-state index in [9.17, 15) is 14.4 Å². The SMILES string of the molecule is COC(=O)c1ccccc1N/N=C(\C=O)C(C)=O. The average Bonchev–Trinajstić information content (AvgIpc) is 2.38. The summed E-state index contributed by atoms with van der Waals surface area (Å²) in [5, 5.41) is 3.63. The third-order valence-corrected chi connectivity index (χ3v) is 2.10. The molecule has 0 heterocycles. The Morgan fingerprint density at radius 1 is 1.33 bits per heavy atom. The number of carbonyl (C=O) groups excluding carboxylic acids is 3. The topological polar surface area (TPSA) is 84.8 Å². The van der Waals surface area contributed by atoms with Crippen LogP contribution in [0.25, 0.3) is 0 Å². The highest BCUT2D eigenvalue weighted by Gasteiger charge is 2.11. The van der Waals surface area contributed by atoms with Gasteiger partial charge in [0.05, 0.1) is 18.4 Å². The summed E-state index contributed by atoms with van der Waals surface area (Å²) >= 11 is 0. The first-order chi connectivity index (χ1) is 8.60. The number of rotatable bonds is 5. The second-order valence-corrected chi connectivity index (χ2v) is 3.32. The molecule has 0 aliphatic rings. The Hall–Kier alpha value is -2.50. The smallest absolute Gasteiger partial charge is 0.340 e. The van der Waals surface area contributed by atoms with Crippen molar-refractivity contribution in [1.82, 2.24) is 0 Å². The quantitative estimate of drug-likeness (QED) is 0.276. The highest BCUT2D eigenvalue weighted by atomic mass is 16.5. The van der Waals surface area contributed by atoms with Crippen LogP contribution in [0.5, 0.6) is 0 Å². The van der Waals surface area contributed by atoms with Crippen molar-refractivity contribution in [2.45, 2.75) is 6.92 Å². The van der Waals surface area contributed by atoms with E-state index in [1.54, 1.807) is 18.2 Å². The maximum Gasteiger partial charge on any atom is 0.340 e. The molecule has 0 saturated carbocycles. The largest absolute Gasteiger partial charge is 0.465 e. The van der Waals surface area contributed by atoms with Gasteiger partial charge in [-0.25, -0.2) is 4.79 Å². The number of hydrogen-bond donors (Lipinski definition) is 1. The van der Waals surface area contributed by atoms with Gasteiger partial charge < -0.3 is 4.74 Å². The van der Waals surface area contributed by atoms with Crippen molar-refractivity contribution in [1.29, 1.82) is 0 Å². The maximum atomic E-state index is 11.4. The predicted octanol–water partition coefficient (Wildman–Crippen LogP) is 1.03. The van der Waals surface area contributed by atoms with E-state index in [4.69, 9.17) is 0 Å². The van der Waals surface area contributed by atoms with Gasteiger partial charge in [-0.05, 0) is 12.1 Å². The van der Waals surface area contributed by atoms with Crippen LogP contribution in [0.2, 0.25) is 0 Å². The molecule has 94 valence electrons. The number of hydrogen-bond acceptors (Lipinski definition) is 6. The van der Waals surface area contributed by atoms with Crippen molar-refractivity contribution in [2.75, 3.05) is 12.5 Å². The number of nitrogens with one attached hydrogen (secondary N) is 1.